The summed E-state index contributed by atoms with van der Waals surface area (Å²) in [5.74, 6) is 1.82. The van der Waals surface area contributed by atoms with E-state index in [1.165, 1.54) is 25.7 Å². The summed E-state index contributed by atoms with van der Waals surface area (Å²) in [4.78, 5) is 11.5. The zero-order valence-electron chi connectivity index (χ0n) is 12.1. The van der Waals surface area contributed by atoms with Crippen LogP contribution in [0.2, 0.25) is 0 Å². The molecule has 2 N–H and O–H groups in total. The van der Waals surface area contributed by atoms with Crippen molar-refractivity contribution in [3.63, 3.8) is 0 Å². The average Bonchev–Trinajstić information content (AvgIpc) is 2.76. The molecular weight excluding hydrogens is 244 g/mol. The maximum absolute atomic E-state index is 11.5. The molecule has 0 atom stereocenters. The van der Waals surface area contributed by atoms with E-state index in [1.54, 1.807) is 0 Å². The van der Waals surface area contributed by atoms with Crippen LogP contribution in [-0.2, 0) is 0 Å². The van der Waals surface area contributed by atoms with Crippen LogP contribution in [0.4, 0.5) is 4.79 Å². The highest BCUT2D eigenvalue weighted by molar-refractivity contribution is 8.00. The lowest BCUT2D eigenvalue weighted by molar-refractivity contribution is 0.240. The van der Waals surface area contributed by atoms with Gasteiger partial charge in [-0.2, -0.15) is 11.8 Å². The second-order valence-corrected chi connectivity index (χ2v) is 8.00. The van der Waals surface area contributed by atoms with Crippen molar-refractivity contribution < 1.29 is 4.79 Å². The molecule has 1 rings (SSSR count). The fraction of sp³-hybridized carbons (Fsp3) is 0.929. The van der Waals surface area contributed by atoms with Gasteiger partial charge in [0.2, 0.25) is 0 Å². The van der Waals surface area contributed by atoms with Gasteiger partial charge in [-0.15, -0.1) is 0 Å². The minimum absolute atomic E-state index is 0.0116. The van der Waals surface area contributed by atoms with Gasteiger partial charge in [-0.1, -0.05) is 46.5 Å². The molecule has 0 aromatic rings. The Morgan fingerprint density at radius 3 is 2.39 bits per heavy atom. The Morgan fingerprint density at radius 2 is 1.78 bits per heavy atom. The van der Waals surface area contributed by atoms with Gasteiger partial charge in [-0.05, 0) is 12.3 Å². The van der Waals surface area contributed by atoms with E-state index in [0.717, 1.165) is 31.2 Å². The first-order valence-electron chi connectivity index (χ1n) is 7.13. The maximum atomic E-state index is 11.5. The van der Waals surface area contributed by atoms with Crippen LogP contribution >= 0.6 is 11.8 Å². The molecule has 0 saturated heterocycles. The maximum Gasteiger partial charge on any atom is 0.314 e. The molecule has 0 aliphatic heterocycles. The van der Waals surface area contributed by atoms with Gasteiger partial charge in [-0.3, -0.25) is 0 Å². The van der Waals surface area contributed by atoms with Crippen molar-refractivity contribution in [1.82, 2.24) is 10.6 Å². The van der Waals surface area contributed by atoms with Gasteiger partial charge in [0.15, 0.2) is 0 Å². The molecule has 1 aliphatic rings. The third kappa shape index (κ3) is 7.85. The smallest absolute Gasteiger partial charge is 0.314 e. The van der Waals surface area contributed by atoms with Crippen LogP contribution in [0.1, 0.15) is 52.9 Å². The van der Waals surface area contributed by atoms with Crippen LogP contribution < -0.4 is 10.6 Å². The lowest BCUT2D eigenvalue weighted by Crippen LogP contribution is -2.37. The Balaban J connectivity index is 1.93. The van der Waals surface area contributed by atoms with Crippen LogP contribution in [-0.4, -0.2) is 29.6 Å². The number of thioether (sulfide) groups is 1. The van der Waals surface area contributed by atoms with Gasteiger partial charge in [-0.25, -0.2) is 4.79 Å². The van der Waals surface area contributed by atoms with Crippen molar-refractivity contribution in [3.05, 3.63) is 0 Å². The van der Waals surface area contributed by atoms with Crippen molar-refractivity contribution >= 4 is 17.8 Å². The molecule has 0 aromatic carbocycles. The van der Waals surface area contributed by atoms with Crippen LogP contribution in [0.15, 0.2) is 0 Å². The lowest BCUT2D eigenvalue weighted by Gasteiger charge is -2.17. The number of hydrogen-bond donors (Lipinski definition) is 2. The number of carbonyl (C=O) groups is 1. The number of carbonyl (C=O) groups excluding carboxylic acids is 1. The summed E-state index contributed by atoms with van der Waals surface area (Å²) < 4.78 is 0.278. The van der Waals surface area contributed by atoms with Crippen molar-refractivity contribution in [2.45, 2.75) is 57.6 Å². The predicted octanol–water partition coefficient (Wildman–Crippen LogP) is 3.40. The number of hydrogen-bond acceptors (Lipinski definition) is 2. The first kappa shape index (κ1) is 15.7. The molecule has 0 unspecified atom stereocenters. The van der Waals surface area contributed by atoms with Gasteiger partial charge in [0, 0.05) is 23.6 Å². The van der Waals surface area contributed by atoms with Crippen molar-refractivity contribution in [1.29, 1.82) is 0 Å². The van der Waals surface area contributed by atoms with Crippen LogP contribution in [0.25, 0.3) is 0 Å². The monoisotopic (exact) mass is 272 g/mol. The van der Waals surface area contributed by atoms with Crippen LogP contribution in [0.5, 0.6) is 0 Å². The normalized spacial score (nSPS) is 16.8. The summed E-state index contributed by atoms with van der Waals surface area (Å²) in [6, 6.07) is -0.0116. The Labute approximate surface area is 116 Å². The second-order valence-electron chi connectivity index (χ2n) is 6.08. The van der Waals surface area contributed by atoms with Gasteiger partial charge in [0.1, 0.15) is 0 Å². The highest BCUT2D eigenvalue weighted by Crippen LogP contribution is 2.26. The summed E-state index contributed by atoms with van der Waals surface area (Å²) in [7, 11) is 0. The molecule has 2 amide bonds. The number of amides is 2. The third-order valence-electron chi connectivity index (χ3n) is 3.24. The molecule has 3 nitrogen and oxygen atoms in total. The molecule has 1 aliphatic carbocycles. The molecule has 0 aromatic heterocycles. The third-order valence-corrected chi connectivity index (χ3v) is 4.51. The molecular formula is C14H28N2OS. The molecule has 1 fully saturated rings. The number of nitrogens with one attached hydrogen (secondary N) is 2. The Bertz CT molecular complexity index is 245. The van der Waals surface area contributed by atoms with E-state index >= 15 is 0 Å². The Kier molecular flexibility index (Phi) is 6.90. The van der Waals surface area contributed by atoms with E-state index in [2.05, 4.69) is 31.4 Å². The fourth-order valence-corrected chi connectivity index (χ4v) is 3.09. The molecule has 0 spiro atoms. The Hall–Kier alpha value is -0.380. The van der Waals surface area contributed by atoms with Gasteiger partial charge < -0.3 is 10.6 Å². The Morgan fingerprint density at radius 1 is 1.17 bits per heavy atom. The minimum atomic E-state index is -0.0116. The van der Waals surface area contributed by atoms with E-state index in [0.29, 0.717) is 0 Å². The van der Waals surface area contributed by atoms with E-state index in [9.17, 15) is 4.79 Å². The first-order chi connectivity index (χ1) is 8.47. The standard InChI is InChI=1S/C14H28N2OS/c1-14(2,3)18-11-10-16-13(17)15-9-8-12-6-4-5-7-12/h12H,4-11H2,1-3H3,(H2,15,16,17). The topological polar surface area (TPSA) is 41.1 Å². The SMILES string of the molecule is CC(C)(C)SCCNC(=O)NCCC1CCCC1. The zero-order chi connectivity index (χ0) is 13.4. The molecule has 0 bridgehead atoms. The summed E-state index contributed by atoms with van der Waals surface area (Å²) >= 11 is 1.88. The highest BCUT2D eigenvalue weighted by Gasteiger charge is 2.14. The molecule has 0 heterocycles. The van der Waals surface area contributed by atoms with Crippen molar-refractivity contribution in [2.24, 2.45) is 5.92 Å². The van der Waals surface area contributed by atoms with Gasteiger partial charge in [0.25, 0.3) is 0 Å². The molecule has 1 saturated carbocycles. The summed E-state index contributed by atoms with van der Waals surface area (Å²) in [6.45, 7) is 8.15. The van der Waals surface area contributed by atoms with E-state index < -0.39 is 0 Å². The number of urea groups is 1. The quantitative estimate of drug-likeness (QED) is 0.728. The second kappa shape index (κ2) is 7.93. The largest absolute Gasteiger partial charge is 0.338 e. The average molecular weight is 272 g/mol. The summed E-state index contributed by atoms with van der Waals surface area (Å²) in [6.07, 6.45) is 6.60. The van der Waals surface area contributed by atoms with Crippen LogP contribution in [0, 0.1) is 5.92 Å². The van der Waals surface area contributed by atoms with Gasteiger partial charge in [0.05, 0.1) is 0 Å². The van der Waals surface area contributed by atoms with E-state index in [-0.39, 0.29) is 10.8 Å². The molecule has 18 heavy (non-hydrogen) atoms. The van der Waals surface area contributed by atoms with Gasteiger partial charge >= 0.3 is 6.03 Å². The first-order valence-corrected chi connectivity index (χ1v) is 8.11. The lowest BCUT2D eigenvalue weighted by atomic mass is 10.0. The zero-order valence-corrected chi connectivity index (χ0v) is 12.9. The van der Waals surface area contributed by atoms with Crippen molar-refractivity contribution in [3.8, 4) is 0 Å². The number of rotatable bonds is 6. The fourth-order valence-electron chi connectivity index (χ4n) is 2.27. The molecule has 4 heteroatoms. The molecule has 0 radical (unpaired) electrons. The van der Waals surface area contributed by atoms with E-state index in [1.807, 2.05) is 11.8 Å². The predicted molar refractivity (Wildman–Crippen MR) is 80.2 cm³/mol. The van der Waals surface area contributed by atoms with Crippen LogP contribution in [0.3, 0.4) is 0 Å². The highest BCUT2D eigenvalue weighted by atomic mass is 32.2. The summed E-state index contributed by atoms with van der Waals surface area (Å²) in [5, 5.41) is 5.86. The molecule has 106 valence electrons. The van der Waals surface area contributed by atoms with Crippen molar-refractivity contribution in [2.75, 3.05) is 18.8 Å². The van der Waals surface area contributed by atoms with E-state index in [4.69, 9.17) is 0 Å². The summed E-state index contributed by atoms with van der Waals surface area (Å²) in [5.41, 5.74) is 0. The minimum Gasteiger partial charge on any atom is -0.338 e.